The lowest BCUT2D eigenvalue weighted by Crippen LogP contribution is -2.34. The quantitative estimate of drug-likeness (QED) is 0.717. The van der Waals surface area contributed by atoms with Crippen LogP contribution >= 0.6 is 0 Å². The summed E-state index contributed by atoms with van der Waals surface area (Å²) in [5.74, 6) is -7.65. The number of alkyl halides is 2. The van der Waals surface area contributed by atoms with E-state index in [0.717, 1.165) is 7.11 Å². The van der Waals surface area contributed by atoms with Gasteiger partial charge in [-0.25, -0.2) is 9.48 Å². The Morgan fingerprint density at radius 2 is 2.08 bits per heavy atom. The van der Waals surface area contributed by atoms with Gasteiger partial charge in [-0.05, 0) is 30.7 Å². The van der Waals surface area contributed by atoms with Gasteiger partial charge in [-0.15, -0.1) is 0 Å². The molecule has 0 saturated heterocycles. The molecule has 1 aromatic heterocycles. The largest absolute Gasteiger partial charge is 0.469 e. The fourth-order valence-electron chi connectivity index (χ4n) is 2.36. The molecule has 134 valence electrons. The predicted molar refractivity (Wildman–Crippen MR) is 84.5 cm³/mol. The molecule has 1 aromatic carbocycles. The molecule has 0 spiro atoms. The van der Waals surface area contributed by atoms with Crippen LogP contribution in [0.1, 0.15) is 24.8 Å². The number of esters is 2. The molecule has 0 aliphatic heterocycles. The van der Waals surface area contributed by atoms with E-state index >= 15 is 0 Å². The average molecular weight is 352 g/mol. The Balaban J connectivity index is 2.34. The summed E-state index contributed by atoms with van der Waals surface area (Å²) < 4.78 is 38.8. The van der Waals surface area contributed by atoms with Crippen molar-refractivity contribution < 1.29 is 27.8 Å². The summed E-state index contributed by atoms with van der Waals surface area (Å²) in [7, 11) is 1.11. The zero-order valence-corrected chi connectivity index (χ0v) is 13.8. The van der Waals surface area contributed by atoms with Crippen molar-refractivity contribution in [1.82, 2.24) is 9.78 Å². The Labute approximate surface area is 143 Å². The van der Waals surface area contributed by atoms with Gasteiger partial charge in [0.25, 0.3) is 0 Å². The van der Waals surface area contributed by atoms with Crippen molar-refractivity contribution in [2.45, 2.75) is 25.2 Å². The van der Waals surface area contributed by atoms with E-state index in [2.05, 4.69) is 14.6 Å². The van der Waals surface area contributed by atoms with Crippen molar-refractivity contribution in [3.05, 3.63) is 48.3 Å². The average Bonchev–Trinajstić information content (AvgIpc) is 3.14. The highest BCUT2D eigenvalue weighted by Gasteiger charge is 2.45. The van der Waals surface area contributed by atoms with E-state index in [1.165, 1.54) is 17.7 Å². The van der Waals surface area contributed by atoms with Gasteiger partial charge >= 0.3 is 17.9 Å². The maximum Gasteiger partial charge on any atom is 0.377 e. The molecule has 2 aromatic rings. The normalized spacial score (nSPS) is 12.5. The lowest BCUT2D eigenvalue weighted by molar-refractivity contribution is -0.174. The second-order valence-corrected chi connectivity index (χ2v) is 5.25. The summed E-state index contributed by atoms with van der Waals surface area (Å²) in [5, 5.41) is 4.06. The van der Waals surface area contributed by atoms with E-state index in [1.54, 1.807) is 36.7 Å². The van der Waals surface area contributed by atoms with Crippen LogP contribution in [0.15, 0.2) is 42.7 Å². The zero-order chi connectivity index (χ0) is 18.4. The van der Waals surface area contributed by atoms with Gasteiger partial charge in [0.15, 0.2) is 0 Å². The van der Waals surface area contributed by atoms with Crippen molar-refractivity contribution in [3.63, 3.8) is 0 Å². The van der Waals surface area contributed by atoms with Gasteiger partial charge in [-0.2, -0.15) is 13.9 Å². The van der Waals surface area contributed by atoms with E-state index in [4.69, 9.17) is 0 Å². The van der Waals surface area contributed by atoms with E-state index in [0.29, 0.717) is 11.3 Å². The van der Waals surface area contributed by atoms with Crippen molar-refractivity contribution in [2.24, 2.45) is 0 Å². The Morgan fingerprint density at radius 1 is 1.32 bits per heavy atom. The lowest BCUT2D eigenvalue weighted by atomic mass is 9.92. The number of nitrogens with zero attached hydrogens (tertiary/aromatic N) is 2. The molecule has 25 heavy (non-hydrogen) atoms. The van der Waals surface area contributed by atoms with Crippen molar-refractivity contribution in [3.8, 4) is 5.69 Å². The van der Waals surface area contributed by atoms with Crippen LogP contribution in [0.3, 0.4) is 0 Å². The Bertz CT molecular complexity index is 732. The molecule has 0 amide bonds. The first kappa shape index (κ1) is 18.6. The first-order chi connectivity index (χ1) is 11.9. The number of hydrogen-bond acceptors (Lipinski definition) is 5. The number of rotatable bonds is 7. The molecule has 1 heterocycles. The monoisotopic (exact) mass is 352 g/mol. The van der Waals surface area contributed by atoms with Crippen molar-refractivity contribution >= 4 is 11.9 Å². The molecular formula is C17H18F2N2O4. The van der Waals surface area contributed by atoms with Crippen LogP contribution < -0.4 is 0 Å². The van der Waals surface area contributed by atoms with Crippen LogP contribution in [-0.2, 0) is 19.1 Å². The van der Waals surface area contributed by atoms with Crippen LogP contribution in [0, 0.1) is 0 Å². The number of halogens is 2. The summed E-state index contributed by atoms with van der Waals surface area (Å²) in [6.45, 7) is 1.26. The molecule has 0 bridgehead atoms. The van der Waals surface area contributed by atoms with Gasteiger partial charge in [0.1, 0.15) is 0 Å². The number of benzene rings is 1. The Kier molecular flexibility index (Phi) is 5.84. The summed E-state index contributed by atoms with van der Waals surface area (Å²) in [5.41, 5.74) is 0.889. The summed E-state index contributed by atoms with van der Waals surface area (Å²) in [4.78, 5) is 23.5. The molecular weight excluding hydrogens is 334 g/mol. The van der Waals surface area contributed by atoms with Gasteiger partial charge in [0.2, 0.25) is 0 Å². The van der Waals surface area contributed by atoms with Crippen LogP contribution in [0.25, 0.3) is 5.69 Å². The van der Waals surface area contributed by atoms with Crippen molar-refractivity contribution in [2.75, 3.05) is 13.7 Å². The number of hydrogen-bond donors (Lipinski definition) is 0. The fraction of sp³-hybridized carbons (Fsp3) is 0.353. The molecule has 0 fully saturated rings. The van der Waals surface area contributed by atoms with E-state index in [1.807, 2.05) is 0 Å². The Morgan fingerprint density at radius 3 is 2.68 bits per heavy atom. The van der Waals surface area contributed by atoms with E-state index in [-0.39, 0.29) is 6.61 Å². The lowest BCUT2D eigenvalue weighted by Gasteiger charge is -2.21. The first-order valence-electron chi connectivity index (χ1n) is 7.62. The minimum atomic E-state index is -3.81. The third-order valence-electron chi connectivity index (χ3n) is 3.56. The van der Waals surface area contributed by atoms with Crippen LogP contribution in [0.5, 0.6) is 0 Å². The van der Waals surface area contributed by atoms with Crippen molar-refractivity contribution in [1.29, 1.82) is 0 Å². The standard InChI is InChI=1S/C17H18F2N2O4/c1-3-25-16(23)17(18,19)11-14(15(22)24-2)12-6-4-7-13(10-12)21-9-5-8-20-21/h4-10,14H,3,11H2,1-2H3/t14-/m0/s1. The van der Waals surface area contributed by atoms with Gasteiger partial charge in [-0.1, -0.05) is 12.1 Å². The van der Waals surface area contributed by atoms with Gasteiger partial charge in [0, 0.05) is 18.8 Å². The molecule has 0 N–H and O–H groups in total. The van der Waals surface area contributed by atoms with Gasteiger partial charge in [-0.3, -0.25) is 4.79 Å². The molecule has 1 atom stereocenters. The first-order valence-corrected chi connectivity index (χ1v) is 7.62. The summed E-state index contributed by atoms with van der Waals surface area (Å²) in [6.07, 6.45) is 2.21. The second-order valence-electron chi connectivity index (χ2n) is 5.25. The smallest absolute Gasteiger partial charge is 0.377 e. The zero-order valence-electron chi connectivity index (χ0n) is 13.8. The minimum absolute atomic E-state index is 0.175. The van der Waals surface area contributed by atoms with Crippen LogP contribution in [0.4, 0.5) is 8.78 Å². The number of methoxy groups -OCH3 is 1. The predicted octanol–water partition coefficient (Wildman–Crippen LogP) is 2.72. The van der Waals surface area contributed by atoms with Crippen LogP contribution in [-0.4, -0.2) is 41.4 Å². The second kappa shape index (κ2) is 7.87. The number of carbonyl (C=O) groups is 2. The highest BCUT2D eigenvalue weighted by atomic mass is 19.3. The molecule has 0 radical (unpaired) electrons. The molecule has 6 nitrogen and oxygen atoms in total. The minimum Gasteiger partial charge on any atom is -0.469 e. The molecule has 0 saturated carbocycles. The summed E-state index contributed by atoms with van der Waals surface area (Å²) >= 11 is 0. The van der Waals surface area contributed by atoms with E-state index < -0.39 is 30.2 Å². The molecule has 2 rings (SSSR count). The highest BCUT2D eigenvalue weighted by molar-refractivity contribution is 5.82. The third-order valence-corrected chi connectivity index (χ3v) is 3.56. The molecule has 8 heteroatoms. The number of aromatic nitrogens is 2. The fourth-order valence-corrected chi connectivity index (χ4v) is 2.36. The maximum atomic E-state index is 14.1. The number of ether oxygens (including phenoxy) is 2. The third kappa shape index (κ3) is 4.40. The van der Waals surface area contributed by atoms with E-state index in [9.17, 15) is 18.4 Å². The van der Waals surface area contributed by atoms with Gasteiger partial charge < -0.3 is 9.47 Å². The molecule has 0 unspecified atom stereocenters. The Hall–Kier alpha value is -2.77. The van der Waals surface area contributed by atoms with Gasteiger partial charge in [0.05, 0.1) is 25.3 Å². The molecule has 0 aliphatic carbocycles. The highest BCUT2D eigenvalue weighted by Crippen LogP contribution is 2.33. The number of carbonyl (C=O) groups excluding carboxylic acids is 2. The topological polar surface area (TPSA) is 70.4 Å². The summed E-state index contributed by atoms with van der Waals surface area (Å²) in [6, 6.07) is 8.12. The molecule has 0 aliphatic rings. The maximum absolute atomic E-state index is 14.1. The SMILES string of the molecule is CCOC(=O)C(F)(F)C[C@H](C(=O)OC)c1cccc(-n2cccn2)c1. The van der Waals surface area contributed by atoms with Crippen LogP contribution in [0.2, 0.25) is 0 Å².